The van der Waals surface area contributed by atoms with Crippen LogP contribution in [-0.4, -0.2) is 42.3 Å². The highest BCUT2D eigenvalue weighted by atomic mass is 16.6. The third kappa shape index (κ3) is 3.87. The highest BCUT2D eigenvalue weighted by Crippen LogP contribution is 2.39. The van der Waals surface area contributed by atoms with Crippen LogP contribution in [0.15, 0.2) is 0 Å². The number of amides is 1. The lowest BCUT2D eigenvalue weighted by Crippen LogP contribution is -2.43. The van der Waals surface area contributed by atoms with Gasteiger partial charge in [-0.15, -0.1) is 0 Å². The number of rotatable bonds is 3. The van der Waals surface area contributed by atoms with Crippen molar-refractivity contribution in [1.29, 1.82) is 0 Å². The maximum atomic E-state index is 12.2. The zero-order valence-corrected chi connectivity index (χ0v) is 12.8. The molecule has 2 aliphatic rings. The summed E-state index contributed by atoms with van der Waals surface area (Å²) in [4.78, 5) is 25.7. The van der Waals surface area contributed by atoms with E-state index in [1.165, 1.54) is 20.0 Å². The maximum absolute atomic E-state index is 12.2. The quantitative estimate of drug-likeness (QED) is 0.747. The van der Waals surface area contributed by atoms with Crippen molar-refractivity contribution in [1.82, 2.24) is 4.90 Å². The van der Waals surface area contributed by atoms with Gasteiger partial charge in [0.2, 0.25) is 0 Å². The van der Waals surface area contributed by atoms with E-state index in [1.807, 2.05) is 20.8 Å². The SMILES string of the molecule is COC(=O)[C@@H]1CC(CC2CC2)CN1C(=O)OC(C)(C)C. The molecule has 2 atom stereocenters. The summed E-state index contributed by atoms with van der Waals surface area (Å²) in [5, 5.41) is 0. The molecule has 0 aromatic carbocycles. The normalized spacial score (nSPS) is 26.5. The Bertz CT molecular complexity index is 384. The predicted molar refractivity (Wildman–Crippen MR) is 74.2 cm³/mol. The number of esters is 1. The summed E-state index contributed by atoms with van der Waals surface area (Å²) >= 11 is 0. The van der Waals surface area contributed by atoms with Gasteiger partial charge in [-0.2, -0.15) is 0 Å². The van der Waals surface area contributed by atoms with Crippen LogP contribution in [0.5, 0.6) is 0 Å². The fourth-order valence-electron chi connectivity index (χ4n) is 2.80. The summed E-state index contributed by atoms with van der Waals surface area (Å²) in [6, 6.07) is -0.487. The van der Waals surface area contributed by atoms with Crippen molar-refractivity contribution in [3.05, 3.63) is 0 Å². The van der Waals surface area contributed by atoms with Gasteiger partial charge >= 0.3 is 12.1 Å². The van der Waals surface area contributed by atoms with E-state index < -0.39 is 17.7 Å². The number of methoxy groups -OCH3 is 1. The molecule has 1 saturated carbocycles. The van der Waals surface area contributed by atoms with Crippen molar-refractivity contribution in [2.24, 2.45) is 11.8 Å². The molecular formula is C15H25NO4. The van der Waals surface area contributed by atoms with E-state index in [0.717, 1.165) is 12.3 Å². The van der Waals surface area contributed by atoms with Gasteiger partial charge in [0, 0.05) is 6.54 Å². The van der Waals surface area contributed by atoms with Crippen LogP contribution in [0.1, 0.15) is 46.5 Å². The van der Waals surface area contributed by atoms with Crippen molar-refractivity contribution in [3.63, 3.8) is 0 Å². The van der Waals surface area contributed by atoms with Crippen LogP contribution in [0, 0.1) is 11.8 Å². The molecule has 1 aliphatic heterocycles. The highest BCUT2D eigenvalue weighted by molar-refractivity contribution is 5.82. The molecule has 0 radical (unpaired) electrons. The lowest BCUT2D eigenvalue weighted by molar-refractivity contribution is -0.145. The Balaban J connectivity index is 2.02. The maximum Gasteiger partial charge on any atom is 0.411 e. The topological polar surface area (TPSA) is 55.8 Å². The Kier molecular flexibility index (Phi) is 4.25. The van der Waals surface area contributed by atoms with Gasteiger partial charge in [-0.25, -0.2) is 9.59 Å². The molecule has 0 aromatic rings. The molecule has 1 saturated heterocycles. The minimum absolute atomic E-state index is 0.339. The molecule has 114 valence electrons. The molecule has 5 nitrogen and oxygen atoms in total. The van der Waals surface area contributed by atoms with Gasteiger partial charge < -0.3 is 9.47 Å². The number of carbonyl (C=O) groups excluding carboxylic acids is 2. The number of likely N-dealkylation sites (tertiary alicyclic amines) is 1. The summed E-state index contributed by atoms with van der Waals surface area (Å²) in [7, 11) is 1.36. The monoisotopic (exact) mass is 283 g/mol. The third-order valence-electron chi connectivity index (χ3n) is 3.85. The van der Waals surface area contributed by atoms with Gasteiger partial charge in [0.1, 0.15) is 11.6 Å². The van der Waals surface area contributed by atoms with E-state index >= 15 is 0 Å². The van der Waals surface area contributed by atoms with Gasteiger partial charge in [-0.3, -0.25) is 4.90 Å². The second-order valence-corrected chi connectivity index (χ2v) is 6.95. The molecule has 20 heavy (non-hydrogen) atoms. The molecule has 1 unspecified atom stereocenters. The van der Waals surface area contributed by atoms with Gasteiger partial charge in [-0.1, -0.05) is 12.8 Å². The van der Waals surface area contributed by atoms with E-state index in [4.69, 9.17) is 9.47 Å². The fourth-order valence-corrected chi connectivity index (χ4v) is 2.80. The molecule has 0 bridgehead atoms. The molecule has 2 fully saturated rings. The highest BCUT2D eigenvalue weighted by Gasteiger charge is 2.43. The number of nitrogens with zero attached hydrogens (tertiary/aromatic N) is 1. The van der Waals surface area contributed by atoms with Gasteiger partial charge in [0.15, 0.2) is 0 Å². The lowest BCUT2D eigenvalue weighted by Gasteiger charge is -2.27. The summed E-state index contributed by atoms with van der Waals surface area (Å²) in [5.74, 6) is 0.838. The van der Waals surface area contributed by atoms with E-state index in [1.54, 1.807) is 4.90 Å². The average Bonchev–Trinajstić information content (AvgIpc) is 3.03. The molecule has 1 amide bonds. The van der Waals surface area contributed by atoms with Gasteiger partial charge in [0.25, 0.3) is 0 Å². The van der Waals surface area contributed by atoms with Crippen LogP contribution in [0.25, 0.3) is 0 Å². The van der Waals surface area contributed by atoms with Crippen molar-refractivity contribution in [2.45, 2.75) is 58.1 Å². The Labute approximate surface area is 120 Å². The van der Waals surface area contributed by atoms with Crippen LogP contribution in [0.3, 0.4) is 0 Å². The van der Waals surface area contributed by atoms with Crippen LogP contribution >= 0.6 is 0 Å². The molecule has 2 rings (SSSR count). The molecule has 0 aromatic heterocycles. The predicted octanol–water partition coefficient (Wildman–Crippen LogP) is 2.59. The smallest absolute Gasteiger partial charge is 0.411 e. The number of ether oxygens (including phenoxy) is 2. The lowest BCUT2D eigenvalue weighted by atomic mass is 9.99. The summed E-state index contributed by atoms with van der Waals surface area (Å²) < 4.78 is 10.2. The zero-order valence-electron chi connectivity index (χ0n) is 12.8. The van der Waals surface area contributed by atoms with Crippen molar-refractivity contribution < 1.29 is 19.1 Å². The largest absolute Gasteiger partial charge is 0.467 e. The first-order chi connectivity index (χ1) is 9.30. The van der Waals surface area contributed by atoms with Gasteiger partial charge in [0.05, 0.1) is 7.11 Å². The van der Waals surface area contributed by atoms with E-state index in [-0.39, 0.29) is 5.97 Å². The first kappa shape index (κ1) is 15.1. The fraction of sp³-hybridized carbons (Fsp3) is 0.867. The molecule has 1 aliphatic carbocycles. The van der Waals surface area contributed by atoms with E-state index in [2.05, 4.69) is 0 Å². The Morgan fingerprint density at radius 2 is 1.85 bits per heavy atom. The number of carbonyl (C=O) groups is 2. The van der Waals surface area contributed by atoms with Crippen molar-refractivity contribution in [3.8, 4) is 0 Å². The first-order valence-electron chi connectivity index (χ1n) is 7.37. The third-order valence-corrected chi connectivity index (χ3v) is 3.85. The average molecular weight is 283 g/mol. The molecular weight excluding hydrogens is 258 g/mol. The van der Waals surface area contributed by atoms with Crippen molar-refractivity contribution in [2.75, 3.05) is 13.7 Å². The van der Waals surface area contributed by atoms with Crippen LogP contribution < -0.4 is 0 Å². The Morgan fingerprint density at radius 3 is 2.35 bits per heavy atom. The minimum Gasteiger partial charge on any atom is -0.467 e. The van der Waals surface area contributed by atoms with E-state index in [9.17, 15) is 9.59 Å². The van der Waals surface area contributed by atoms with Crippen LogP contribution in [0.4, 0.5) is 4.79 Å². The number of hydrogen-bond acceptors (Lipinski definition) is 4. The first-order valence-corrected chi connectivity index (χ1v) is 7.37. The van der Waals surface area contributed by atoms with Crippen LogP contribution in [0.2, 0.25) is 0 Å². The van der Waals surface area contributed by atoms with E-state index in [0.29, 0.717) is 18.9 Å². The summed E-state index contributed by atoms with van der Waals surface area (Å²) in [6.07, 6.45) is 3.96. The number of hydrogen-bond donors (Lipinski definition) is 0. The van der Waals surface area contributed by atoms with Gasteiger partial charge in [-0.05, 0) is 45.4 Å². The summed E-state index contributed by atoms with van der Waals surface area (Å²) in [5.41, 5.74) is -0.549. The molecule has 5 heteroatoms. The Hall–Kier alpha value is -1.26. The molecule has 0 N–H and O–H groups in total. The second-order valence-electron chi connectivity index (χ2n) is 6.95. The standard InChI is InChI=1S/C15H25NO4/c1-15(2,3)20-14(18)16-9-11(7-10-5-6-10)8-12(16)13(17)19-4/h10-12H,5-9H2,1-4H3/t11?,12-/m0/s1. The Morgan fingerprint density at radius 1 is 1.20 bits per heavy atom. The molecule has 1 heterocycles. The summed E-state index contributed by atoms with van der Waals surface area (Å²) in [6.45, 7) is 6.09. The minimum atomic E-state index is -0.549. The van der Waals surface area contributed by atoms with Crippen molar-refractivity contribution >= 4 is 12.1 Å². The second kappa shape index (κ2) is 5.62. The van der Waals surface area contributed by atoms with Crippen LogP contribution in [-0.2, 0) is 14.3 Å². The zero-order chi connectivity index (χ0) is 14.9. The molecule has 0 spiro atoms.